The number of carbonyl (C=O) groups is 1. The third-order valence-electron chi connectivity index (χ3n) is 4.18. The number of benzene rings is 1. The predicted molar refractivity (Wildman–Crippen MR) is 92.4 cm³/mol. The van der Waals surface area contributed by atoms with E-state index in [9.17, 15) is 9.18 Å². The first-order chi connectivity index (χ1) is 11.5. The zero-order chi connectivity index (χ0) is 17.3. The van der Waals surface area contributed by atoms with Crippen molar-refractivity contribution >= 4 is 11.4 Å². The van der Waals surface area contributed by atoms with E-state index in [-0.39, 0.29) is 11.9 Å². The third kappa shape index (κ3) is 2.77. The number of aromatic nitrogens is 2. The molecule has 0 fully saturated rings. The van der Waals surface area contributed by atoms with Gasteiger partial charge in [0.2, 0.25) is 0 Å². The van der Waals surface area contributed by atoms with Gasteiger partial charge in [-0.2, -0.15) is 0 Å². The Hall–Kier alpha value is -2.69. The molecule has 0 saturated heterocycles. The van der Waals surface area contributed by atoms with Crippen molar-refractivity contribution in [2.24, 2.45) is 0 Å². The van der Waals surface area contributed by atoms with E-state index >= 15 is 0 Å². The summed E-state index contributed by atoms with van der Waals surface area (Å²) in [5, 5.41) is 0. The fourth-order valence-electron chi connectivity index (χ4n) is 2.99. The van der Waals surface area contributed by atoms with Crippen LogP contribution in [-0.2, 0) is 0 Å². The van der Waals surface area contributed by atoms with Crippen LogP contribution >= 0.6 is 0 Å². The molecule has 0 N–H and O–H groups in total. The molecule has 24 heavy (non-hydrogen) atoms. The lowest BCUT2D eigenvalue weighted by Crippen LogP contribution is -2.37. The average Bonchev–Trinajstić information content (AvgIpc) is 2.99. The van der Waals surface area contributed by atoms with E-state index < -0.39 is 5.82 Å². The molecule has 3 aromatic rings. The monoisotopic (exact) mass is 325 g/mol. The minimum absolute atomic E-state index is 0.0457. The van der Waals surface area contributed by atoms with Crippen molar-refractivity contribution in [3.8, 4) is 11.3 Å². The van der Waals surface area contributed by atoms with Crippen LogP contribution in [0.15, 0.2) is 48.9 Å². The summed E-state index contributed by atoms with van der Waals surface area (Å²) < 4.78 is 15.7. The second-order valence-corrected chi connectivity index (χ2v) is 5.97. The number of hydrogen-bond donors (Lipinski definition) is 0. The molecule has 4 nitrogen and oxygen atoms in total. The highest BCUT2D eigenvalue weighted by molar-refractivity contribution is 6.01. The summed E-state index contributed by atoms with van der Waals surface area (Å²) in [7, 11) is 0. The molecule has 0 aliphatic heterocycles. The van der Waals surface area contributed by atoms with Gasteiger partial charge in [0.15, 0.2) is 0 Å². The summed E-state index contributed by atoms with van der Waals surface area (Å²) in [6.45, 7) is 6.41. The highest BCUT2D eigenvalue weighted by Crippen LogP contribution is 2.28. The van der Waals surface area contributed by atoms with Crippen molar-refractivity contribution < 1.29 is 9.18 Å². The van der Waals surface area contributed by atoms with Gasteiger partial charge in [0.05, 0.1) is 17.6 Å². The van der Waals surface area contributed by atoms with E-state index in [1.807, 2.05) is 43.4 Å². The molecule has 0 saturated carbocycles. The molecule has 2 heterocycles. The molecule has 0 radical (unpaired) electrons. The van der Waals surface area contributed by atoms with Gasteiger partial charge in [0.25, 0.3) is 5.91 Å². The number of rotatable bonds is 4. The Labute approximate surface area is 140 Å². The number of halogens is 1. The van der Waals surface area contributed by atoms with Crippen molar-refractivity contribution in [1.82, 2.24) is 14.3 Å². The fourth-order valence-corrected chi connectivity index (χ4v) is 2.99. The maximum Gasteiger partial charge on any atom is 0.254 e. The van der Waals surface area contributed by atoms with E-state index in [4.69, 9.17) is 0 Å². The number of nitrogens with zero attached hydrogens (tertiary/aromatic N) is 3. The zero-order valence-electron chi connectivity index (χ0n) is 14.0. The van der Waals surface area contributed by atoms with Crippen LogP contribution in [-0.4, -0.2) is 32.8 Å². The summed E-state index contributed by atoms with van der Waals surface area (Å²) in [6.07, 6.45) is 3.41. The number of hydrogen-bond acceptors (Lipinski definition) is 2. The van der Waals surface area contributed by atoms with Crippen LogP contribution in [0.4, 0.5) is 4.39 Å². The van der Waals surface area contributed by atoms with Gasteiger partial charge >= 0.3 is 0 Å². The van der Waals surface area contributed by atoms with Gasteiger partial charge in [-0.05, 0) is 57.2 Å². The molecule has 0 spiro atoms. The van der Waals surface area contributed by atoms with Gasteiger partial charge in [-0.3, -0.25) is 4.79 Å². The first-order valence-electron chi connectivity index (χ1n) is 8.05. The second-order valence-electron chi connectivity index (χ2n) is 5.97. The molecule has 0 bridgehead atoms. The molecule has 124 valence electrons. The van der Waals surface area contributed by atoms with Gasteiger partial charge in [-0.15, -0.1) is 0 Å². The van der Waals surface area contributed by atoms with Gasteiger partial charge < -0.3 is 9.30 Å². The molecule has 0 atom stereocenters. The summed E-state index contributed by atoms with van der Waals surface area (Å²) in [4.78, 5) is 18.8. The zero-order valence-corrected chi connectivity index (χ0v) is 14.0. The van der Waals surface area contributed by atoms with Crippen molar-refractivity contribution in [1.29, 1.82) is 0 Å². The van der Waals surface area contributed by atoms with Crippen LogP contribution < -0.4 is 0 Å². The number of fused-ring (bicyclic) bond motifs is 1. The van der Waals surface area contributed by atoms with Crippen molar-refractivity contribution in [3.05, 3.63) is 60.3 Å². The lowest BCUT2D eigenvalue weighted by Gasteiger charge is -2.26. The summed E-state index contributed by atoms with van der Waals surface area (Å²) in [5.74, 6) is -0.582. The molecule has 2 aromatic heterocycles. The van der Waals surface area contributed by atoms with E-state index in [1.165, 1.54) is 12.1 Å². The molecule has 3 rings (SSSR count). The number of amides is 1. The molecule has 0 unspecified atom stereocenters. The van der Waals surface area contributed by atoms with E-state index in [2.05, 4.69) is 4.98 Å². The lowest BCUT2D eigenvalue weighted by molar-refractivity contribution is 0.0717. The summed E-state index contributed by atoms with van der Waals surface area (Å²) in [5.41, 5.74) is 2.86. The van der Waals surface area contributed by atoms with Gasteiger partial charge in [0, 0.05) is 29.9 Å². The molecule has 0 aliphatic rings. The fraction of sp³-hybridized carbons (Fsp3) is 0.263. The topological polar surface area (TPSA) is 37.6 Å². The van der Waals surface area contributed by atoms with Crippen molar-refractivity contribution in [2.45, 2.75) is 26.8 Å². The number of carbonyl (C=O) groups excluding carboxylic acids is 1. The highest BCUT2D eigenvalue weighted by Gasteiger charge is 2.22. The van der Waals surface area contributed by atoms with E-state index in [0.717, 1.165) is 11.2 Å². The van der Waals surface area contributed by atoms with Crippen molar-refractivity contribution in [2.75, 3.05) is 6.54 Å². The summed E-state index contributed by atoms with van der Waals surface area (Å²) in [6, 6.07) is 10.2. The lowest BCUT2D eigenvalue weighted by atomic mass is 10.0. The first-order valence-corrected chi connectivity index (χ1v) is 8.05. The van der Waals surface area contributed by atoms with E-state index in [1.54, 1.807) is 23.5 Å². The Bertz CT molecular complexity index is 885. The Morgan fingerprint density at radius 2 is 2.04 bits per heavy atom. The summed E-state index contributed by atoms with van der Waals surface area (Å²) >= 11 is 0. The average molecular weight is 325 g/mol. The van der Waals surface area contributed by atoms with Crippen molar-refractivity contribution in [3.63, 3.8) is 0 Å². The minimum Gasteiger partial charge on any atom is -0.336 e. The second kappa shape index (κ2) is 6.43. The molecular formula is C19H20FN3O. The van der Waals surface area contributed by atoms with Gasteiger partial charge in [0.1, 0.15) is 5.82 Å². The third-order valence-corrected chi connectivity index (χ3v) is 4.18. The largest absolute Gasteiger partial charge is 0.336 e. The van der Waals surface area contributed by atoms with Crippen LogP contribution in [0.5, 0.6) is 0 Å². The van der Waals surface area contributed by atoms with Crippen LogP contribution in [0.2, 0.25) is 0 Å². The van der Waals surface area contributed by atoms with Crippen LogP contribution in [0, 0.1) is 5.82 Å². The molecule has 1 amide bonds. The Balaban J connectivity index is 2.18. The van der Waals surface area contributed by atoms with Gasteiger partial charge in [-0.25, -0.2) is 9.37 Å². The van der Waals surface area contributed by atoms with Gasteiger partial charge in [-0.1, -0.05) is 0 Å². The predicted octanol–water partition coefficient (Wildman–Crippen LogP) is 4.01. The molecular weight excluding hydrogens is 305 g/mol. The first kappa shape index (κ1) is 16.2. The molecule has 0 aliphatic carbocycles. The SMILES string of the molecule is CCN(C(=O)c1cc(F)ccc1-c1ccc2ccncn12)C(C)C. The maximum atomic E-state index is 13.8. The standard InChI is InChI=1S/C19H20FN3O/c1-4-22(13(2)3)19(24)17-11-14(20)5-7-16(17)18-8-6-15-9-10-21-12-23(15)18/h5-13H,4H2,1-3H3. The van der Waals surface area contributed by atoms with Crippen LogP contribution in [0.1, 0.15) is 31.1 Å². The van der Waals surface area contributed by atoms with E-state index in [0.29, 0.717) is 17.7 Å². The molecule has 5 heteroatoms. The Kier molecular flexibility index (Phi) is 4.34. The Morgan fingerprint density at radius 3 is 2.75 bits per heavy atom. The van der Waals surface area contributed by atoms with Crippen LogP contribution in [0.3, 0.4) is 0 Å². The Morgan fingerprint density at radius 1 is 1.25 bits per heavy atom. The normalized spacial score (nSPS) is 11.2. The quantitative estimate of drug-likeness (QED) is 0.727. The highest BCUT2D eigenvalue weighted by atomic mass is 19.1. The maximum absolute atomic E-state index is 13.8. The van der Waals surface area contributed by atoms with Crippen LogP contribution in [0.25, 0.3) is 16.8 Å². The minimum atomic E-state index is -0.416. The smallest absolute Gasteiger partial charge is 0.254 e. The molecule has 1 aromatic carbocycles.